The van der Waals surface area contributed by atoms with Crippen molar-refractivity contribution in [3.05, 3.63) is 5.82 Å². The first-order chi connectivity index (χ1) is 13.3. The minimum atomic E-state index is 0.731. The quantitative estimate of drug-likeness (QED) is 0.588. The van der Waals surface area contributed by atoms with Crippen LogP contribution in [0, 0.1) is 5.92 Å². The molecular formula is C19H33N7S. The lowest BCUT2D eigenvalue weighted by Crippen LogP contribution is -2.52. The second-order valence-electron chi connectivity index (χ2n) is 7.90. The normalized spacial score (nSPS) is 24.7. The van der Waals surface area contributed by atoms with Crippen LogP contribution in [0.3, 0.4) is 0 Å². The van der Waals surface area contributed by atoms with Gasteiger partial charge in [-0.2, -0.15) is 4.37 Å². The molecule has 2 aliphatic heterocycles. The maximum atomic E-state index is 5.01. The van der Waals surface area contributed by atoms with Gasteiger partial charge in [0.05, 0.1) is 0 Å². The number of aromatic nitrogens is 2. The second-order valence-corrected chi connectivity index (χ2v) is 8.63. The molecule has 1 aliphatic carbocycles. The zero-order chi connectivity index (χ0) is 18.6. The van der Waals surface area contributed by atoms with E-state index in [4.69, 9.17) is 4.99 Å². The Kier molecular flexibility index (Phi) is 6.12. The molecule has 1 saturated carbocycles. The Hall–Kier alpha value is -1.41. The maximum Gasteiger partial charge on any atom is 0.205 e. The topological polar surface area (TPSA) is 59.9 Å². The number of piperazine rings is 1. The van der Waals surface area contributed by atoms with Gasteiger partial charge in [-0.3, -0.25) is 4.99 Å². The first-order valence-electron chi connectivity index (χ1n) is 10.6. The average Bonchev–Trinajstić information content (AvgIpc) is 3.25. The van der Waals surface area contributed by atoms with E-state index in [1.54, 1.807) is 0 Å². The Morgan fingerprint density at radius 2 is 1.96 bits per heavy atom. The summed E-state index contributed by atoms with van der Waals surface area (Å²) in [6.45, 7) is 12.6. The van der Waals surface area contributed by atoms with Gasteiger partial charge in [-0.05, 0) is 38.6 Å². The van der Waals surface area contributed by atoms with Gasteiger partial charge in [-0.25, -0.2) is 4.98 Å². The van der Waals surface area contributed by atoms with Crippen LogP contribution < -0.4 is 10.2 Å². The maximum absolute atomic E-state index is 5.01. The highest BCUT2D eigenvalue weighted by Crippen LogP contribution is 2.31. The van der Waals surface area contributed by atoms with Crippen molar-refractivity contribution >= 4 is 22.6 Å². The van der Waals surface area contributed by atoms with Crippen molar-refractivity contribution in [2.75, 3.05) is 57.3 Å². The van der Waals surface area contributed by atoms with E-state index in [1.165, 1.54) is 43.9 Å². The number of anilines is 1. The summed E-state index contributed by atoms with van der Waals surface area (Å²) in [6.07, 6.45) is 5.05. The predicted molar refractivity (Wildman–Crippen MR) is 112 cm³/mol. The Morgan fingerprint density at radius 3 is 2.63 bits per heavy atom. The van der Waals surface area contributed by atoms with Crippen molar-refractivity contribution in [3.8, 4) is 0 Å². The van der Waals surface area contributed by atoms with Crippen molar-refractivity contribution < 1.29 is 0 Å². The fourth-order valence-corrected chi connectivity index (χ4v) is 4.85. The smallest absolute Gasteiger partial charge is 0.205 e. The largest absolute Gasteiger partial charge is 0.357 e. The molecule has 1 aromatic rings. The number of likely N-dealkylation sites (tertiary alicyclic amines) is 1. The molecular weight excluding hydrogens is 358 g/mol. The zero-order valence-electron chi connectivity index (χ0n) is 16.7. The predicted octanol–water partition coefficient (Wildman–Crippen LogP) is 1.67. The van der Waals surface area contributed by atoms with Gasteiger partial charge in [0.2, 0.25) is 5.13 Å². The molecule has 7 nitrogen and oxygen atoms in total. The number of hydrogen-bond acceptors (Lipinski definition) is 6. The Labute approximate surface area is 167 Å². The zero-order valence-corrected chi connectivity index (χ0v) is 17.5. The Morgan fingerprint density at radius 1 is 1.15 bits per heavy atom. The summed E-state index contributed by atoms with van der Waals surface area (Å²) in [5.41, 5.74) is 0. The standard InChI is InChI=1S/C19H33N7S/c1-3-17-22-19(27-23-17)25-11-9-24(10-12-25)18(20-4-2)21-13-15-7-8-26(14-15)16-5-6-16/h15-16H,3-14H2,1-2H3,(H,20,21). The van der Waals surface area contributed by atoms with Gasteiger partial charge in [-0.15, -0.1) is 0 Å². The molecule has 3 aliphatic rings. The molecule has 0 aromatic carbocycles. The number of nitrogens with one attached hydrogen (secondary N) is 1. The van der Waals surface area contributed by atoms with Crippen LogP contribution in [0.4, 0.5) is 5.13 Å². The van der Waals surface area contributed by atoms with Crippen LogP contribution in [0.15, 0.2) is 4.99 Å². The lowest BCUT2D eigenvalue weighted by Gasteiger charge is -2.36. The highest BCUT2D eigenvalue weighted by Gasteiger charge is 2.34. The summed E-state index contributed by atoms with van der Waals surface area (Å²) in [4.78, 5) is 17.1. The number of aryl methyl sites for hydroxylation is 1. The van der Waals surface area contributed by atoms with Gasteiger partial charge in [0.1, 0.15) is 5.82 Å². The molecule has 3 heterocycles. The van der Waals surface area contributed by atoms with Crippen LogP contribution >= 0.6 is 11.5 Å². The van der Waals surface area contributed by atoms with Crippen LogP contribution in [0.1, 0.15) is 38.9 Å². The van der Waals surface area contributed by atoms with E-state index in [0.717, 1.165) is 74.6 Å². The van der Waals surface area contributed by atoms with E-state index < -0.39 is 0 Å². The third-order valence-corrected chi connectivity index (χ3v) is 6.65. The van der Waals surface area contributed by atoms with Crippen molar-refractivity contribution in [1.82, 2.24) is 24.5 Å². The molecule has 1 unspecified atom stereocenters. The molecule has 150 valence electrons. The molecule has 8 heteroatoms. The molecule has 1 aromatic heterocycles. The summed E-state index contributed by atoms with van der Waals surface area (Å²) >= 11 is 1.53. The molecule has 4 rings (SSSR count). The third kappa shape index (κ3) is 4.71. The minimum Gasteiger partial charge on any atom is -0.357 e. The van der Waals surface area contributed by atoms with Gasteiger partial charge >= 0.3 is 0 Å². The van der Waals surface area contributed by atoms with Crippen molar-refractivity contribution in [2.24, 2.45) is 10.9 Å². The van der Waals surface area contributed by atoms with Crippen LogP contribution in [0.2, 0.25) is 0 Å². The number of hydrogen-bond donors (Lipinski definition) is 1. The Bertz CT molecular complexity index is 634. The van der Waals surface area contributed by atoms with Gasteiger partial charge in [0, 0.05) is 69.8 Å². The summed E-state index contributed by atoms with van der Waals surface area (Å²) in [5.74, 6) is 2.78. The van der Waals surface area contributed by atoms with Crippen molar-refractivity contribution in [2.45, 2.75) is 45.6 Å². The number of aliphatic imine (C=N–C) groups is 1. The van der Waals surface area contributed by atoms with Gasteiger partial charge in [0.25, 0.3) is 0 Å². The molecule has 27 heavy (non-hydrogen) atoms. The fraction of sp³-hybridized carbons (Fsp3) is 0.842. The summed E-state index contributed by atoms with van der Waals surface area (Å²) in [7, 11) is 0. The second kappa shape index (κ2) is 8.73. The number of guanidine groups is 1. The van der Waals surface area contributed by atoms with Crippen molar-refractivity contribution in [3.63, 3.8) is 0 Å². The Balaban J connectivity index is 1.29. The highest BCUT2D eigenvalue weighted by molar-refractivity contribution is 7.09. The van der Waals surface area contributed by atoms with Crippen LogP contribution in [-0.4, -0.2) is 83.5 Å². The van der Waals surface area contributed by atoms with Crippen LogP contribution in [-0.2, 0) is 6.42 Å². The lowest BCUT2D eigenvalue weighted by molar-refractivity contribution is 0.315. The van der Waals surface area contributed by atoms with E-state index >= 15 is 0 Å². The molecule has 0 amide bonds. The van der Waals surface area contributed by atoms with Crippen molar-refractivity contribution in [1.29, 1.82) is 0 Å². The number of nitrogens with zero attached hydrogens (tertiary/aromatic N) is 6. The number of rotatable bonds is 6. The van der Waals surface area contributed by atoms with Crippen LogP contribution in [0.5, 0.6) is 0 Å². The van der Waals surface area contributed by atoms with E-state index in [0.29, 0.717) is 0 Å². The monoisotopic (exact) mass is 391 g/mol. The fourth-order valence-electron chi connectivity index (χ4n) is 4.05. The molecule has 0 spiro atoms. The summed E-state index contributed by atoms with van der Waals surface area (Å²) in [6, 6.07) is 0.897. The van der Waals surface area contributed by atoms with Gasteiger partial charge in [0.15, 0.2) is 5.96 Å². The highest BCUT2D eigenvalue weighted by atomic mass is 32.1. The minimum absolute atomic E-state index is 0.731. The van der Waals surface area contributed by atoms with Gasteiger partial charge < -0.3 is 20.0 Å². The summed E-state index contributed by atoms with van der Waals surface area (Å²) < 4.78 is 4.43. The molecule has 3 fully saturated rings. The average molecular weight is 392 g/mol. The molecule has 1 atom stereocenters. The van der Waals surface area contributed by atoms with E-state index in [9.17, 15) is 0 Å². The third-order valence-electron chi connectivity index (χ3n) is 5.84. The van der Waals surface area contributed by atoms with Crippen LogP contribution in [0.25, 0.3) is 0 Å². The first-order valence-corrected chi connectivity index (χ1v) is 11.4. The molecule has 0 radical (unpaired) electrons. The molecule has 0 bridgehead atoms. The summed E-state index contributed by atoms with van der Waals surface area (Å²) in [5, 5.41) is 4.58. The molecule has 1 N–H and O–H groups in total. The van der Waals surface area contributed by atoms with E-state index in [2.05, 4.69) is 43.2 Å². The lowest BCUT2D eigenvalue weighted by atomic mass is 10.1. The molecule has 2 saturated heterocycles. The van der Waals surface area contributed by atoms with Gasteiger partial charge in [-0.1, -0.05) is 6.92 Å². The SMILES string of the molecule is CCNC(=NCC1CCN(C2CC2)C1)N1CCN(c2nc(CC)ns2)CC1. The van der Waals surface area contributed by atoms with E-state index in [-0.39, 0.29) is 0 Å². The first kappa shape index (κ1) is 18.9. The van der Waals surface area contributed by atoms with E-state index in [1.807, 2.05) is 0 Å².